The average Bonchev–Trinajstić information content (AvgIpc) is 2.76. The van der Waals surface area contributed by atoms with Gasteiger partial charge in [-0.05, 0) is 62.1 Å². The zero-order valence-corrected chi connectivity index (χ0v) is 17.7. The number of fused-ring (bicyclic) bond motifs is 1. The summed E-state index contributed by atoms with van der Waals surface area (Å²) < 4.78 is 5.81. The van der Waals surface area contributed by atoms with E-state index < -0.39 is 11.8 Å². The van der Waals surface area contributed by atoms with Gasteiger partial charge in [0.25, 0.3) is 0 Å². The summed E-state index contributed by atoms with van der Waals surface area (Å²) in [7, 11) is 0. The number of hydrogen-bond donors (Lipinski definition) is 2. The summed E-state index contributed by atoms with van der Waals surface area (Å²) in [6, 6.07) is 16.0. The van der Waals surface area contributed by atoms with Gasteiger partial charge in [-0.1, -0.05) is 24.3 Å². The second-order valence-electron chi connectivity index (χ2n) is 8.35. The van der Waals surface area contributed by atoms with Crippen LogP contribution < -0.4 is 4.74 Å². The number of ether oxygens (including phenoxy) is 1. The first-order valence-electron chi connectivity index (χ1n) is 10.6. The molecule has 1 aliphatic rings. The number of aromatic nitrogens is 1. The lowest BCUT2D eigenvalue weighted by molar-refractivity contribution is -0.0819. The second kappa shape index (κ2) is 8.72. The highest BCUT2D eigenvalue weighted by Gasteiger charge is 2.36. The maximum atomic E-state index is 11.2. The minimum Gasteiger partial charge on any atom is -0.493 e. The van der Waals surface area contributed by atoms with E-state index in [2.05, 4.69) is 18.8 Å². The number of aryl methyl sites for hydroxylation is 2. The van der Waals surface area contributed by atoms with Crippen molar-refractivity contribution in [2.24, 2.45) is 0 Å². The fraction of sp³-hybridized carbons (Fsp3) is 0.400. The molecule has 30 heavy (non-hydrogen) atoms. The quantitative estimate of drug-likeness (QED) is 0.650. The van der Waals surface area contributed by atoms with E-state index >= 15 is 0 Å². The normalized spacial score (nSPS) is 17.7. The van der Waals surface area contributed by atoms with Crippen molar-refractivity contribution >= 4 is 10.9 Å². The van der Waals surface area contributed by atoms with Gasteiger partial charge in [-0.25, -0.2) is 0 Å². The van der Waals surface area contributed by atoms with Crippen molar-refractivity contribution in [2.45, 2.75) is 44.9 Å². The van der Waals surface area contributed by atoms with Gasteiger partial charge in [0.15, 0.2) is 0 Å². The molecule has 0 aliphatic carbocycles. The molecule has 1 atom stereocenters. The molecular formula is C25H30N2O3. The van der Waals surface area contributed by atoms with E-state index in [4.69, 9.17) is 4.74 Å². The van der Waals surface area contributed by atoms with Crippen molar-refractivity contribution in [3.63, 3.8) is 0 Å². The topological polar surface area (TPSA) is 65.8 Å². The number of benzene rings is 2. The van der Waals surface area contributed by atoms with Crippen LogP contribution >= 0.6 is 0 Å². The molecule has 1 aromatic heterocycles. The molecule has 5 heteroatoms. The summed E-state index contributed by atoms with van der Waals surface area (Å²) in [6.45, 7) is 5.87. The Morgan fingerprint density at radius 3 is 2.60 bits per heavy atom. The number of aliphatic hydroxyl groups is 2. The predicted octanol–water partition coefficient (Wildman–Crippen LogP) is 3.92. The Bertz CT molecular complexity index is 1010. The molecule has 0 saturated carbocycles. The Morgan fingerprint density at radius 1 is 1.07 bits per heavy atom. The van der Waals surface area contributed by atoms with Gasteiger partial charge in [0.2, 0.25) is 0 Å². The van der Waals surface area contributed by atoms with Gasteiger partial charge < -0.3 is 14.9 Å². The number of piperidine rings is 1. The first kappa shape index (κ1) is 20.8. The third kappa shape index (κ3) is 4.48. The molecule has 4 rings (SSSR count). The molecule has 1 unspecified atom stereocenters. The minimum atomic E-state index is -0.900. The summed E-state index contributed by atoms with van der Waals surface area (Å²) in [4.78, 5) is 6.52. The number of hydrogen-bond acceptors (Lipinski definition) is 5. The molecule has 158 valence electrons. The minimum absolute atomic E-state index is 0.457. The van der Waals surface area contributed by atoms with E-state index in [0.717, 1.165) is 22.2 Å². The summed E-state index contributed by atoms with van der Waals surface area (Å²) in [5.74, 6) is 0.835. The zero-order chi connectivity index (χ0) is 21.1. The van der Waals surface area contributed by atoms with Crippen LogP contribution in [0.15, 0.2) is 54.7 Å². The SMILES string of the molecule is Cc1ccc(OCCC(O)N2CCC(O)(c3cnc4ccccc4c3)CC2)cc1C. The van der Waals surface area contributed by atoms with E-state index in [1.807, 2.05) is 53.4 Å². The lowest BCUT2D eigenvalue weighted by Gasteiger charge is -2.40. The fourth-order valence-electron chi connectivity index (χ4n) is 4.07. The molecule has 2 heterocycles. The van der Waals surface area contributed by atoms with Crippen LogP contribution in [0.4, 0.5) is 0 Å². The van der Waals surface area contributed by atoms with E-state index in [1.165, 1.54) is 11.1 Å². The molecular weight excluding hydrogens is 376 g/mol. The van der Waals surface area contributed by atoms with Gasteiger partial charge in [-0.2, -0.15) is 0 Å². The second-order valence-corrected chi connectivity index (χ2v) is 8.35. The van der Waals surface area contributed by atoms with Crippen molar-refractivity contribution in [3.05, 3.63) is 71.4 Å². The molecule has 0 amide bonds. The van der Waals surface area contributed by atoms with Crippen molar-refractivity contribution in [1.29, 1.82) is 0 Å². The van der Waals surface area contributed by atoms with Gasteiger partial charge in [-0.3, -0.25) is 9.88 Å². The summed E-state index contributed by atoms with van der Waals surface area (Å²) in [5, 5.41) is 22.8. The highest BCUT2D eigenvalue weighted by atomic mass is 16.5. The Hall–Kier alpha value is -2.47. The summed E-state index contributed by atoms with van der Waals surface area (Å²) in [5.41, 5.74) is 3.33. The highest BCUT2D eigenvalue weighted by Crippen LogP contribution is 2.34. The Balaban J connectivity index is 1.31. The number of para-hydroxylation sites is 1. The van der Waals surface area contributed by atoms with Crippen LogP contribution in [0.25, 0.3) is 10.9 Å². The first-order valence-corrected chi connectivity index (χ1v) is 10.6. The predicted molar refractivity (Wildman–Crippen MR) is 118 cm³/mol. The molecule has 0 spiro atoms. The maximum Gasteiger partial charge on any atom is 0.119 e. The lowest BCUT2D eigenvalue weighted by Crippen LogP contribution is -2.47. The summed E-state index contributed by atoms with van der Waals surface area (Å²) >= 11 is 0. The third-order valence-corrected chi connectivity index (χ3v) is 6.30. The zero-order valence-electron chi connectivity index (χ0n) is 17.7. The van der Waals surface area contributed by atoms with Crippen molar-refractivity contribution in [1.82, 2.24) is 9.88 Å². The molecule has 2 N–H and O–H groups in total. The number of pyridine rings is 1. The largest absolute Gasteiger partial charge is 0.493 e. The van der Waals surface area contributed by atoms with Crippen LogP contribution in [0, 0.1) is 13.8 Å². The van der Waals surface area contributed by atoms with Crippen molar-refractivity contribution in [2.75, 3.05) is 19.7 Å². The van der Waals surface area contributed by atoms with Gasteiger partial charge in [0.05, 0.1) is 17.7 Å². The van der Waals surface area contributed by atoms with Crippen LogP contribution in [-0.2, 0) is 5.60 Å². The monoisotopic (exact) mass is 406 g/mol. The highest BCUT2D eigenvalue weighted by molar-refractivity contribution is 5.78. The van der Waals surface area contributed by atoms with E-state index in [1.54, 1.807) is 6.20 Å². The van der Waals surface area contributed by atoms with Crippen molar-refractivity contribution in [3.8, 4) is 5.75 Å². The first-order chi connectivity index (χ1) is 14.4. The molecule has 0 bridgehead atoms. The van der Waals surface area contributed by atoms with Crippen LogP contribution in [-0.4, -0.2) is 46.0 Å². The van der Waals surface area contributed by atoms with Crippen molar-refractivity contribution < 1.29 is 14.9 Å². The van der Waals surface area contributed by atoms with E-state index in [0.29, 0.717) is 39.0 Å². The smallest absolute Gasteiger partial charge is 0.119 e. The standard InChI is InChI=1S/C25H30N2O3/c1-18-7-8-22(15-19(18)2)30-14-9-24(28)27-12-10-25(29,11-13-27)21-16-20-5-3-4-6-23(20)26-17-21/h3-8,15-17,24,28-29H,9-14H2,1-2H3. The molecule has 3 aromatic rings. The molecule has 2 aromatic carbocycles. The number of nitrogens with zero attached hydrogens (tertiary/aromatic N) is 2. The third-order valence-electron chi connectivity index (χ3n) is 6.30. The molecule has 5 nitrogen and oxygen atoms in total. The van der Waals surface area contributed by atoms with Crippen LogP contribution in [0.1, 0.15) is 36.0 Å². The van der Waals surface area contributed by atoms with E-state index in [9.17, 15) is 10.2 Å². The number of likely N-dealkylation sites (tertiary alicyclic amines) is 1. The maximum absolute atomic E-state index is 11.2. The Labute approximate surface area is 177 Å². The van der Waals surface area contributed by atoms with Gasteiger partial charge in [0.1, 0.15) is 12.0 Å². The fourth-order valence-corrected chi connectivity index (χ4v) is 4.07. The van der Waals surface area contributed by atoms with Gasteiger partial charge in [0, 0.05) is 36.7 Å². The number of rotatable bonds is 6. The van der Waals surface area contributed by atoms with Gasteiger partial charge >= 0.3 is 0 Å². The Morgan fingerprint density at radius 2 is 1.83 bits per heavy atom. The lowest BCUT2D eigenvalue weighted by atomic mass is 9.84. The Kier molecular flexibility index (Phi) is 6.04. The molecule has 1 saturated heterocycles. The molecule has 1 fully saturated rings. The average molecular weight is 407 g/mol. The van der Waals surface area contributed by atoms with Crippen LogP contribution in [0.3, 0.4) is 0 Å². The van der Waals surface area contributed by atoms with Crippen LogP contribution in [0.5, 0.6) is 5.75 Å². The molecule has 0 radical (unpaired) electrons. The van der Waals surface area contributed by atoms with Crippen LogP contribution in [0.2, 0.25) is 0 Å². The van der Waals surface area contributed by atoms with E-state index in [-0.39, 0.29) is 0 Å². The number of aliphatic hydroxyl groups excluding tert-OH is 1. The summed E-state index contributed by atoms with van der Waals surface area (Å²) in [6.07, 6.45) is 2.88. The molecule has 1 aliphatic heterocycles. The van der Waals surface area contributed by atoms with Gasteiger partial charge in [-0.15, -0.1) is 0 Å².